The van der Waals surface area contributed by atoms with E-state index < -0.39 is 23.7 Å². The first-order chi connectivity index (χ1) is 12.9. The van der Waals surface area contributed by atoms with Gasteiger partial charge >= 0.3 is 5.97 Å². The van der Waals surface area contributed by atoms with Gasteiger partial charge in [0.1, 0.15) is 0 Å². The van der Waals surface area contributed by atoms with Crippen molar-refractivity contribution in [3.8, 4) is 0 Å². The van der Waals surface area contributed by atoms with Crippen molar-refractivity contribution in [1.29, 1.82) is 0 Å². The molecule has 1 aliphatic heterocycles. The van der Waals surface area contributed by atoms with Gasteiger partial charge in [0.25, 0.3) is 13.1 Å². The molecule has 0 bridgehead atoms. The van der Waals surface area contributed by atoms with Crippen LogP contribution in [-0.4, -0.2) is 41.3 Å². The van der Waals surface area contributed by atoms with Gasteiger partial charge in [-0.3, -0.25) is 14.7 Å². The third-order valence-electron chi connectivity index (χ3n) is 3.59. The van der Waals surface area contributed by atoms with Crippen LogP contribution in [0.4, 0.5) is 11.4 Å². The quantitative estimate of drug-likeness (QED) is 0.307. The maximum absolute atomic E-state index is 13.4. The molecule has 1 atom stereocenters. The number of non-ortho nitro benzene ring substituents is 1. The van der Waals surface area contributed by atoms with Gasteiger partial charge in [0.05, 0.1) is 23.8 Å². The first-order valence-electron chi connectivity index (χ1n) is 8.24. The minimum atomic E-state index is -3.79. The molecule has 0 amide bonds. The Bertz CT molecular complexity index is 820. The normalized spacial score (nSPS) is 19.3. The standard InChI is InChI=1S/C16H20N3O7P/c1-3-25-16(21)15-17-18(12-5-7-13(8-6-12)19(22)23)11-14(9-10-20)27(15,24)26-4-2/h5-8,11,20H,3-4,9-10H2,1-2H3. The number of nitro groups is 1. The van der Waals surface area contributed by atoms with Crippen molar-refractivity contribution >= 4 is 30.2 Å². The second-order valence-electron chi connectivity index (χ2n) is 5.33. The zero-order chi connectivity index (χ0) is 20.0. The molecular weight excluding hydrogens is 377 g/mol. The number of nitrogens with zero attached hydrogens (tertiary/aromatic N) is 3. The van der Waals surface area contributed by atoms with E-state index in [0.717, 1.165) is 0 Å². The van der Waals surface area contributed by atoms with Crippen LogP contribution in [0.2, 0.25) is 0 Å². The highest BCUT2D eigenvalue weighted by Crippen LogP contribution is 2.59. The Balaban J connectivity index is 2.53. The summed E-state index contributed by atoms with van der Waals surface area (Å²) >= 11 is 0. The molecule has 0 radical (unpaired) electrons. The molecule has 146 valence electrons. The third-order valence-corrected chi connectivity index (χ3v) is 6.14. The van der Waals surface area contributed by atoms with Crippen LogP contribution in [0.1, 0.15) is 20.3 Å². The molecule has 1 aliphatic rings. The summed E-state index contributed by atoms with van der Waals surface area (Å²) in [6.45, 7) is 3.04. The van der Waals surface area contributed by atoms with Gasteiger partial charge in [-0.2, -0.15) is 5.10 Å². The number of carbonyl (C=O) groups is 1. The fourth-order valence-electron chi connectivity index (χ4n) is 2.41. The number of hydrazone groups is 1. The number of ether oxygens (including phenoxy) is 1. The lowest BCUT2D eigenvalue weighted by Gasteiger charge is -2.29. The van der Waals surface area contributed by atoms with E-state index in [4.69, 9.17) is 9.26 Å². The van der Waals surface area contributed by atoms with Gasteiger partial charge in [0.2, 0.25) is 5.45 Å². The number of nitro benzene ring substituents is 1. The largest absolute Gasteiger partial charge is 0.461 e. The average Bonchev–Trinajstić information content (AvgIpc) is 2.64. The van der Waals surface area contributed by atoms with Gasteiger partial charge in [0.15, 0.2) is 0 Å². The number of aliphatic hydroxyl groups excluding tert-OH is 1. The lowest BCUT2D eigenvalue weighted by Crippen LogP contribution is -2.28. The molecule has 0 spiro atoms. The molecule has 1 heterocycles. The zero-order valence-electron chi connectivity index (χ0n) is 14.9. The summed E-state index contributed by atoms with van der Waals surface area (Å²) in [4.78, 5) is 22.6. The molecule has 0 saturated heterocycles. The molecular formula is C16H20N3O7P. The lowest BCUT2D eigenvalue weighted by atomic mass is 10.3. The number of aliphatic hydroxyl groups is 1. The van der Waals surface area contributed by atoms with Crippen LogP contribution in [0.5, 0.6) is 0 Å². The summed E-state index contributed by atoms with van der Waals surface area (Å²) in [5.74, 6) is -0.885. The minimum absolute atomic E-state index is 0.000809. The van der Waals surface area contributed by atoms with Crippen molar-refractivity contribution in [3.05, 3.63) is 45.9 Å². The summed E-state index contributed by atoms with van der Waals surface area (Å²) in [5.41, 5.74) is -0.0963. The van der Waals surface area contributed by atoms with E-state index in [2.05, 4.69) is 5.10 Å². The van der Waals surface area contributed by atoms with Crippen molar-refractivity contribution in [1.82, 2.24) is 0 Å². The van der Waals surface area contributed by atoms with Crippen molar-refractivity contribution in [3.63, 3.8) is 0 Å². The fourth-order valence-corrected chi connectivity index (χ4v) is 4.51. The van der Waals surface area contributed by atoms with Gasteiger partial charge in [-0.1, -0.05) is 0 Å². The second-order valence-corrected chi connectivity index (χ2v) is 7.68. The molecule has 2 rings (SSSR count). The summed E-state index contributed by atoms with van der Waals surface area (Å²) in [6, 6.07) is 5.44. The van der Waals surface area contributed by atoms with Gasteiger partial charge in [-0.25, -0.2) is 9.80 Å². The minimum Gasteiger partial charge on any atom is -0.461 e. The summed E-state index contributed by atoms with van der Waals surface area (Å²) in [5, 5.41) is 25.7. The number of benzene rings is 1. The number of hydrogen-bond donors (Lipinski definition) is 1. The molecule has 1 aromatic carbocycles. The van der Waals surface area contributed by atoms with Crippen LogP contribution in [0.15, 0.2) is 40.9 Å². The van der Waals surface area contributed by atoms with Crippen molar-refractivity contribution in [2.75, 3.05) is 24.8 Å². The highest BCUT2D eigenvalue weighted by Gasteiger charge is 2.43. The molecule has 27 heavy (non-hydrogen) atoms. The maximum atomic E-state index is 13.4. The maximum Gasteiger partial charge on any atom is 0.365 e. The van der Waals surface area contributed by atoms with Crippen LogP contribution in [0, 0.1) is 10.1 Å². The third kappa shape index (κ3) is 4.41. The second kappa shape index (κ2) is 8.90. The lowest BCUT2D eigenvalue weighted by molar-refractivity contribution is -0.384. The number of esters is 1. The molecule has 1 N–H and O–H groups in total. The van der Waals surface area contributed by atoms with Crippen LogP contribution in [-0.2, 0) is 18.6 Å². The van der Waals surface area contributed by atoms with Crippen molar-refractivity contribution in [2.45, 2.75) is 20.3 Å². The van der Waals surface area contributed by atoms with Crippen molar-refractivity contribution < 1.29 is 28.7 Å². The topological polar surface area (TPSA) is 132 Å². The molecule has 10 nitrogen and oxygen atoms in total. The Labute approximate surface area is 155 Å². The van der Waals surface area contributed by atoms with Crippen LogP contribution in [0.3, 0.4) is 0 Å². The summed E-state index contributed by atoms with van der Waals surface area (Å²) in [7, 11) is -3.79. The van der Waals surface area contributed by atoms with Gasteiger partial charge in [-0.15, -0.1) is 0 Å². The number of anilines is 1. The molecule has 11 heteroatoms. The van der Waals surface area contributed by atoms with E-state index in [1.807, 2.05) is 0 Å². The molecule has 1 aromatic rings. The Morgan fingerprint density at radius 3 is 2.48 bits per heavy atom. The molecule has 0 aliphatic carbocycles. The predicted octanol–water partition coefficient (Wildman–Crippen LogP) is 2.83. The predicted molar refractivity (Wildman–Crippen MR) is 98.7 cm³/mol. The number of hydrogen-bond acceptors (Lipinski definition) is 9. The first kappa shape index (κ1) is 20.8. The highest BCUT2D eigenvalue weighted by atomic mass is 31.2. The van der Waals surface area contributed by atoms with E-state index in [1.165, 1.54) is 35.5 Å². The van der Waals surface area contributed by atoms with E-state index in [0.29, 0.717) is 5.69 Å². The number of rotatable bonds is 8. The smallest absolute Gasteiger partial charge is 0.365 e. The zero-order valence-corrected chi connectivity index (χ0v) is 15.8. The van der Waals surface area contributed by atoms with E-state index in [-0.39, 0.29) is 37.2 Å². The van der Waals surface area contributed by atoms with E-state index in [9.17, 15) is 24.6 Å². The monoisotopic (exact) mass is 397 g/mol. The Kier molecular flexibility index (Phi) is 6.84. The molecule has 1 unspecified atom stereocenters. The van der Waals surface area contributed by atoms with Crippen molar-refractivity contribution in [2.24, 2.45) is 5.10 Å². The van der Waals surface area contributed by atoms with Crippen LogP contribution in [0.25, 0.3) is 0 Å². The molecule has 0 saturated carbocycles. The highest BCUT2D eigenvalue weighted by molar-refractivity contribution is 7.82. The Morgan fingerprint density at radius 2 is 1.96 bits per heavy atom. The van der Waals surface area contributed by atoms with Crippen LogP contribution < -0.4 is 5.01 Å². The number of carbonyl (C=O) groups excluding carboxylic acids is 1. The van der Waals surface area contributed by atoms with E-state index in [1.54, 1.807) is 13.8 Å². The Morgan fingerprint density at radius 1 is 1.30 bits per heavy atom. The summed E-state index contributed by atoms with van der Waals surface area (Å²) in [6.07, 6.45) is 1.40. The van der Waals surface area contributed by atoms with Crippen LogP contribution >= 0.6 is 7.37 Å². The molecule has 0 fully saturated rings. The van der Waals surface area contributed by atoms with E-state index >= 15 is 0 Å². The van der Waals surface area contributed by atoms with Gasteiger partial charge in [0, 0.05) is 36.7 Å². The average molecular weight is 397 g/mol. The summed E-state index contributed by atoms with van der Waals surface area (Å²) < 4.78 is 23.7. The van der Waals surface area contributed by atoms with Gasteiger partial charge < -0.3 is 14.4 Å². The van der Waals surface area contributed by atoms with Gasteiger partial charge in [-0.05, 0) is 26.0 Å². The SMILES string of the molecule is CCOC(=O)C1=NN(c2ccc([N+](=O)[O-])cc2)C=C(CCO)P1(=O)OCC. The fraction of sp³-hybridized carbons (Fsp3) is 0.375. The first-order valence-corrected chi connectivity index (χ1v) is 9.86. The Hall–Kier alpha value is -2.55. The molecule has 0 aromatic heterocycles.